The Labute approximate surface area is 161 Å². The topological polar surface area (TPSA) is 75.3 Å². The molecule has 0 aliphatic heterocycles. The van der Waals surface area contributed by atoms with E-state index in [9.17, 15) is 9.59 Å². The van der Waals surface area contributed by atoms with Crippen molar-refractivity contribution in [1.82, 2.24) is 14.9 Å². The summed E-state index contributed by atoms with van der Waals surface area (Å²) in [6.45, 7) is 6.41. The smallest absolute Gasteiger partial charge is 0.348 e. The fourth-order valence-electron chi connectivity index (χ4n) is 3.02. The molecule has 0 spiro atoms. The normalized spacial score (nSPS) is 12.5. The molecule has 2 heterocycles. The maximum atomic E-state index is 12.5. The highest BCUT2D eigenvalue weighted by Crippen LogP contribution is 2.28. The van der Waals surface area contributed by atoms with Crippen molar-refractivity contribution < 1.29 is 9.53 Å². The van der Waals surface area contributed by atoms with Gasteiger partial charge in [-0.05, 0) is 38.9 Å². The van der Waals surface area contributed by atoms with E-state index in [1.54, 1.807) is 6.92 Å². The van der Waals surface area contributed by atoms with Crippen LogP contribution in [-0.4, -0.2) is 35.0 Å². The van der Waals surface area contributed by atoms with Crippen LogP contribution < -0.4 is 5.56 Å². The molecule has 1 atom stereocenters. The van der Waals surface area contributed by atoms with E-state index in [1.165, 1.54) is 29.6 Å². The van der Waals surface area contributed by atoms with Crippen LogP contribution in [0.25, 0.3) is 10.2 Å². The molecule has 2 aromatic heterocycles. The van der Waals surface area contributed by atoms with Crippen LogP contribution in [0.4, 0.5) is 0 Å². The first-order chi connectivity index (χ1) is 12.8. The highest BCUT2D eigenvalue weighted by Gasteiger charge is 2.20. The van der Waals surface area contributed by atoms with Gasteiger partial charge in [-0.15, -0.1) is 11.3 Å². The number of carbonyl (C=O) groups is 1. The van der Waals surface area contributed by atoms with Crippen molar-refractivity contribution in [3.63, 3.8) is 0 Å². The van der Waals surface area contributed by atoms with Crippen molar-refractivity contribution in [3.8, 4) is 0 Å². The lowest BCUT2D eigenvalue weighted by molar-refractivity contribution is 0.0605. The van der Waals surface area contributed by atoms with E-state index < -0.39 is 5.97 Å². The van der Waals surface area contributed by atoms with Gasteiger partial charge in [-0.1, -0.05) is 29.8 Å². The molecule has 0 radical (unpaired) electrons. The van der Waals surface area contributed by atoms with Gasteiger partial charge in [-0.3, -0.25) is 9.69 Å². The van der Waals surface area contributed by atoms with Crippen LogP contribution in [0.1, 0.15) is 45.2 Å². The van der Waals surface area contributed by atoms with Crippen LogP contribution in [0.3, 0.4) is 0 Å². The largest absolute Gasteiger partial charge is 0.465 e. The molecule has 7 heteroatoms. The number of aryl methyl sites for hydroxylation is 2. The molecule has 0 aliphatic rings. The summed E-state index contributed by atoms with van der Waals surface area (Å²) in [5, 5.41) is 0.457. The number of ether oxygens (including phenoxy) is 1. The number of aromatic amines is 1. The van der Waals surface area contributed by atoms with Gasteiger partial charge in [0.25, 0.3) is 5.56 Å². The maximum Gasteiger partial charge on any atom is 0.348 e. The number of aromatic nitrogens is 2. The molecule has 3 rings (SSSR count). The molecule has 27 heavy (non-hydrogen) atoms. The number of nitrogens with one attached hydrogen (secondary N) is 1. The third-order valence-corrected chi connectivity index (χ3v) is 6.01. The van der Waals surface area contributed by atoms with Crippen molar-refractivity contribution in [2.75, 3.05) is 14.2 Å². The molecule has 0 saturated heterocycles. The SMILES string of the molecule is COC(=O)c1sc2nc(CN(C)C(C)c3ccc(C)cc3)[nH]c(=O)c2c1C. The third kappa shape index (κ3) is 3.79. The highest BCUT2D eigenvalue weighted by molar-refractivity contribution is 7.20. The number of fused-ring (bicyclic) bond motifs is 1. The Morgan fingerprint density at radius 2 is 1.96 bits per heavy atom. The van der Waals surface area contributed by atoms with Gasteiger partial charge >= 0.3 is 5.97 Å². The quantitative estimate of drug-likeness (QED) is 0.680. The van der Waals surface area contributed by atoms with Crippen molar-refractivity contribution in [1.29, 1.82) is 0 Å². The minimum atomic E-state index is -0.443. The predicted octanol–water partition coefficient (Wildman–Crippen LogP) is 3.58. The first kappa shape index (κ1) is 19.3. The first-order valence-electron chi connectivity index (χ1n) is 8.69. The summed E-state index contributed by atoms with van der Waals surface area (Å²) in [5.74, 6) is 0.133. The Morgan fingerprint density at radius 1 is 1.30 bits per heavy atom. The Kier molecular flexibility index (Phi) is 5.43. The standard InChI is InChI=1S/C20H23N3O3S/c1-11-6-8-14(9-7-11)13(3)23(4)10-15-21-18(24)16-12(2)17(20(25)26-5)27-19(16)22-15/h6-9,13H,10H2,1-5H3,(H,21,22,24). The summed E-state index contributed by atoms with van der Waals surface area (Å²) in [4.78, 5) is 35.0. The predicted molar refractivity (Wildman–Crippen MR) is 107 cm³/mol. The maximum absolute atomic E-state index is 12.5. The van der Waals surface area contributed by atoms with Gasteiger partial charge in [-0.25, -0.2) is 9.78 Å². The Morgan fingerprint density at radius 3 is 2.59 bits per heavy atom. The molecule has 0 amide bonds. The lowest BCUT2D eigenvalue weighted by Crippen LogP contribution is -2.24. The van der Waals surface area contributed by atoms with Crippen LogP contribution in [-0.2, 0) is 11.3 Å². The summed E-state index contributed by atoms with van der Waals surface area (Å²) >= 11 is 1.19. The fraction of sp³-hybridized carbons (Fsp3) is 0.350. The van der Waals surface area contributed by atoms with Crippen LogP contribution in [0, 0.1) is 13.8 Å². The molecular weight excluding hydrogens is 362 g/mol. The van der Waals surface area contributed by atoms with Gasteiger partial charge in [-0.2, -0.15) is 0 Å². The van der Waals surface area contributed by atoms with Crippen molar-refractivity contribution in [3.05, 3.63) is 62.0 Å². The number of thiophene rings is 1. The number of carbonyl (C=O) groups excluding carboxylic acids is 1. The average Bonchev–Trinajstić information content (AvgIpc) is 2.98. The number of esters is 1. The lowest BCUT2D eigenvalue weighted by atomic mass is 10.1. The second-order valence-electron chi connectivity index (χ2n) is 6.74. The molecule has 1 N–H and O–H groups in total. The monoisotopic (exact) mass is 385 g/mol. The van der Waals surface area contributed by atoms with Gasteiger partial charge in [0.05, 0.1) is 19.0 Å². The third-order valence-electron chi connectivity index (χ3n) is 4.84. The number of nitrogens with zero attached hydrogens (tertiary/aromatic N) is 2. The van der Waals surface area contributed by atoms with Crippen LogP contribution >= 0.6 is 11.3 Å². The van der Waals surface area contributed by atoms with E-state index in [4.69, 9.17) is 4.74 Å². The minimum Gasteiger partial charge on any atom is -0.465 e. The highest BCUT2D eigenvalue weighted by atomic mass is 32.1. The molecule has 3 aromatic rings. The Bertz CT molecular complexity index is 1040. The zero-order valence-corrected chi connectivity index (χ0v) is 16.9. The van der Waals surface area contributed by atoms with E-state index in [1.807, 2.05) is 7.05 Å². The van der Waals surface area contributed by atoms with Gasteiger partial charge < -0.3 is 9.72 Å². The number of methoxy groups -OCH3 is 1. The number of H-pyrrole nitrogens is 1. The zero-order chi connectivity index (χ0) is 19.7. The molecule has 0 fully saturated rings. The Hall–Kier alpha value is -2.51. The van der Waals surface area contributed by atoms with E-state index in [-0.39, 0.29) is 11.6 Å². The second kappa shape index (κ2) is 7.62. The molecule has 142 valence electrons. The molecule has 0 saturated carbocycles. The van der Waals surface area contributed by atoms with Gasteiger partial charge in [0.15, 0.2) is 0 Å². The summed E-state index contributed by atoms with van der Waals surface area (Å²) in [6, 6.07) is 8.58. The van der Waals surface area contributed by atoms with Crippen LogP contribution in [0.2, 0.25) is 0 Å². The van der Waals surface area contributed by atoms with Gasteiger partial charge in [0.2, 0.25) is 0 Å². The summed E-state index contributed by atoms with van der Waals surface area (Å²) < 4.78 is 4.79. The van der Waals surface area contributed by atoms with Gasteiger partial charge in [0, 0.05) is 6.04 Å². The number of hydrogen-bond donors (Lipinski definition) is 1. The van der Waals surface area contributed by atoms with E-state index >= 15 is 0 Å². The molecule has 6 nitrogen and oxygen atoms in total. The second-order valence-corrected chi connectivity index (χ2v) is 7.74. The van der Waals surface area contributed by atoms with Crippen LogP contribution in [0.5, 0.6) is 0 Å². The zero-order valence-electron chi connectivity index (χ0n) is 16.1. The minimum absolute atomic E-state index is 0.169. The van der Waals surface area contributed by atoms with E-state index in [2.05, 4.69) is 53.0 Å². The number of benzene rings is 1. The molecule has 0 bridgehead atoms. The summed E-state index contributed by atoms with van der Waals surface area (Å²) in [5.41, 5.74) is 2.81. The molecular formula is C20H23N3O3S. The van der Waals surface area contributed by atoms with E-state index in [0.717, 1.165) is 0 Å². The van der Waals surface area contributed by atoms with Crippen LogP contribution in [0.15, 0.2) is 29.1 Å². The average molecular weight is 385 g/mol. The van der Waals surface area contributed by atoms with Crippen molar-refractivity contribution >= 4 is 27.5 Å². The number of rotatable bonds is 5. The summed E-state index contributed by atoms with van der Waals surface area (Å²) in [7, 11) is 3.32. The number of hydrogen-bond acceptors (Lipinski definition) is 6. The molecule has 1 aromatic carbocycles. The Balaban J connectivity index is 1.89. The lowest BCUT2D eigenvalue weighted by Gasteiger charge is -2.24. The molecule has 0 aliphatic carbocycles. The fourth-order valence-corrected chi connectivity index (χ4v) is 4.14. The summed E-state index contributed by atoms with van der Waals surface area (Å²) in [6.07, 6.45) is 0. The molecule has 1 unspecified atom stereocenters. The van der Waals surface area contributed by atoms with Crippen molar-refractivity contribution in [2.45, 2.75) is 33.4 Å². The van der Waals surface area contributed by atoms with Crippen molar-refractivity contribution in [2.24, 2.45) is 0 Å². The first-order valence-corrected chi connectivity index (χ1v) is 9.51. The van der Waals surface area contributed by atoms with Gasteiger partial charge in [0.1, 0.15) is 15.5 Å². The van der Waals surface area contributed by atoms with E-state index in [0.29, 0.717) is 33.0 Å².